The standard InChI is InChI=1S/C49H85NO13/c1-11-34(51)26-35-19-17-24-49(61-35)29-39-30(2)37(63-49)27-38-33(28-46(5,6)62-38)18-15-13-12-14-16-23-47(7,56)45(55)43(60-41-21-20-36(50(9)10)32(4)58-41)42(53)31(3)44(54)48(8,57)25-22-40(52)59-39/h15,18,22,25,30-39,41-45,51,53-57H,11-14,16-17,19-21,23-24,26-29H2,1-10H3/b18-15+,25-22+/t30-,31-,32+,33-,34-,35-,36+,37+,38?,39+,41+,42-,43+,44+,45-,47-,48-,49-/m1/s1. The van der Waals surface area contributed by atoms with Gasteiger partial charge >= 0.3 is 5.97 Å². The normalized spacial score (nSPS) is 46.7. The van der Waals surface area contributed by atoms with Crippen LogP contribution in [0, 0.1) is 17.8 Å². The molecule has 0 saturated carbocycles. The topological polar surface area (TPSA) is 197 Å². The molecule has 6 N–H and O–H groups in total. The zero-order chi connectivity index (χ0) is 46.5. The SMILES string of the molecule is CC[C@@H](O)C[C@H]1CCC[C@@]2(C[C@@H]3OC(=O)/C=C/[C@@](C)(O)[C@@H](O)[C@H](C)[C@@H](O)[C@H](O[C@H]4CC[C@H](N(C)C)[C@H](C)O4)[C@@H](O)[C@](C)(O)CCCCC/C=C/[C@@H]4CC(C)(C)OC4C[C@H](O2)[C@H]3C)O1. The molecule has 0 aromatic rings. The van der Waals surface area contributed by atoms with E-state index in [4.69, 9.17) is 28.4 Å². The van der Waals surface area contributed by atoms with Crippen molar-refractivity contribution in [1.29, 1.82) is 0 Å². The Kier molecular flexibility index (Phi) is 18.4. The van der Waals surface area contributed by atoms with E-state index in [2.05, 4.69) is 30.9 Å². The number of hydrogen-bond acceptors (Lipinski definition) is 14. The smallest absolute Gasteiger partial charge is 0.330 e. The Morgan fingerprint density at radius 3 is 2.27 bits per heavy atom. The second-order valence-electron chi connectivity index (χ2n) is 21.2. The lowest BCUT2D eigenvalue weighted by Gasteiger charge is -2.51. The summed E-state index contributed by atoms with van der Waals surface area (Å²) in [5, 5.41) is 69.4. The number of allylic oxidation sites excluding steroid dienone is 1. The molecule has 1 spiro atoms. The molecule has 5 aliphatic rings. The molecule has 4 saturated heterocycles. The lowest BCUT2D eigenvalue weighted by Crippen LogP contribution is -2.58. The monoisotopic (exact) mass is 896 g/mol. The van der Waals surface area contributed by atoms with E-state index in [-0.39, 0.29) is 54.3 Å². The van der Waals surface area contributed by atoms with E-state index >= 15 is 0 Å². The van der Waals surface area contributed by atoms with Crippen LogP contribution in [0.1, 0.15) is 152 Å². The summed E-state index contributed by atoms with van der Waals surface area (Å²) >= 11 is 0. The van der Waals surface area contributed by atoms with Gasteiger partial charge in [-0.2, -0.15) is 0 Å². The van der Waals surface area contributed by atoms with Crippen molar-refractivity contribution in [3.8, 4) is 0 Å². The van der Waals surface area contributed by atoms with Crippen LogP contribution in [0.4, 0.5) is 0 Å². The molecule has 5 rings (SSSR count). The maximum Gasteiger partial charge on any atom is 0.330 e. The van der Waals surface area contributed by atoms with Crippen LogP contribution in [0.2, 0.25) is 0 Å². The molecule has 5 heterocycles. The fraction of sp³-hybridized carbons (Fsp3) is 0.898. The van der Waals surface area contributed by atoms with E-state index < -0.39 is 71.8 Å². The first-order valence-corrected chi connectivity index (χ1v) is 24.2. The van der Waals surface area contributed by atoms with Crippen LogP contribution in [0.25, 0.3) is 0 Å². The molecule has 14 nitrogen and oxygen atoms in total. The fourth-order valence-corrected chi connectivity index (χ4v) is 10.8. The Balaban J connectivity index is 1.43. The number of hydrogen-bond donors (Lipinski definition) is 6. The third-order valence-electron chi connectivity index (χ3n) is 14.9. The minimum absolute atomic E-state index is 0.128. The van der Waals surface area contributed by atoms with Crippen LogP contribution in [-0.2, 0) is 33.2 Å². The quantitative estimate of drug-likeness (QED) is 0.145. The van der Waals surface area contributed by atoms with Gasteiger partial charge in [0.15, 0.2) is 12.1 Å². The molecule has 63 heavy (non-hydrogen) atoms. The van der Waals surface area contributed by atoms with Crippen molar-refractivity contribution < 1.29 is 63.9 Å². The molecule has 2 bridgehead atoms. The maximum atomic E-state index is 13.7. The number of carbonyl (C=O) groups excluding carboxylic acids is 1. The van der Waals surface area contributed by atoms with E-state index in [1.54, 1.807) is 0 Å². The van der Waals surface area contributed by atoms with Crippen molar-refractivity contribution >= 4 is 5.97 Å². The van der Waals surface area contributed by atoms with Gasteiger partial charge in [0.05, 0.1) is 53.9 Å². The van der Waals surface area contributed by atoms with Crippen LogP contribution in [0.15, 0.2) is 24.3 Å². The van der Waals surface area contributed by atoms with E-state index in [1.807, 2.05) is 34.9 Å². The molecule has 5 aliphatic heterocycles. The van der Waals surface area contributed by atoms with E-state index in [0.717, 1.165) is 51.0 Å². The second-order valence-corrected chi connectivity index (χ2v) is 21.2. The van der Waals surface area contributed by atoms with Gasteiger partial charge in [0.2, 0.25) is 0 Å². The highest BCUT2D eigenvalue weighted by Gasteiger charge is 2.53. The van der Waals surface area contributed by atoms with Gasteiger partial charge in [-0.25, -0.2) is 4.79 Å². The van der Waals surface area contributed by atoms with Gasteiger partial charge in [0, 0.05) is 49.1 Å². The van der Waals surface area contributed by atoms with Gasteiger partial charge in [0.25, 0.3) is 0 Å². The van der Waals surface area contributed by atoms with E-state index in [0.29, 0.717) is 44.9 Å². The Morgan fingerprint density at radius 1 is 0.857 bits per heavy atom. The minimum Gasteiger partial charge on any atom is -0.459 e. The summed E-state index contributed by atoms with van der Waals surface area (Å²) < 4.78 is 39.2. The summed E-state index contributed by atoms with van der Waals surface area (Å²) in [6.45, 7) is 14.5. The second kappa shape index (κ2) is 22.1. The third-order valence-corrected chi connectivity index (χ3v) is 14.9. The first-order valence-electron chi connectivity index (χ1n) is 24.2. The first-order chi connectivity index (χ1) is 29.5. The average molecular weight is 896 g/mol. The predicted molar refractivity (Wildman–Crippen MR) is 238 cm³/mol. The van der Waals surface area contributed by atoms with Crippen molar-refractivity contribution in [2.75, 3.05) is 14.1 Å². The third kappa shape index (κ3) is 13.8. The van der Waals surface area contributed by atoms with Crippen molar-refractivity contribution in [3.63, 3.8) is 0 Å². The molecular formula is C49H85NO13. The van der Waals surface area contributed by atoms with Crippen LogP contribution in [0.5, 0.6) is 0 Å². The van der Waals surface area contributed by atoms with E-state index in [9.17, 15) is 35.4 Å². The van der Waals surface area contributed by atoms with Crippen molar-refractivity contribution in [2.45, 2.75) is 248 Å². The molecule has 0 aliphatic carbocycles. The Bertz CT molecular complexity index is 1500. The molecule has 0 aromatic carbocycles. The summed E-state index contributed by atoms with van der Waals surface area (Å²) in [5.41, 5.74) is -4.07. The van der Waals surface area contributed by atoms with Gasteiger partial charge in [-0.1, -0.05) is 45.8 Å². The molecule has 4 fully saturated rings. The molecule has 1 unspecified atom stereocenters. The number of likely N-dealkylation sites (N-methyl/N-ethyl adjacent to an activating group) is 1. The Morgan fingerprint density at radius 2 is 1.59 bits per heavy atom. The van der Waals surface area contributed by atoms with Gasteiger partial charge in [-0.3, -0.25) is 0 Å². The highest BCUT2D eigenvalue weighted by Crippen LogP contribution is 2.47. The summed E-state index contributed by atoms with van der Waals surface area (Å²) in [7, 11) is 3.96. The molecule has 18 atom stereocenters. The number of carbonyl (C=O) groups is 1. The molecule has 364 valence electrons. The maximum absolute atomic E-state index is 13.7. The number of fused-ring (bicyclic) bond motifs is 3. The minimum atomic E-state index is -2.04. The number of nitrogens with zero attached hydrogens (tertiary/aromatic N) is 1. The van der Waals surface area contributed by atoms with Gasteiger partial charge in [0.1, 0.15) is 23.9 Å². The molecule has 0 aromatic heterocycles. The zero-order valence-electron chi connectivity index (χ0n) is 40.1. The van der Waals surface area contributed by atoms with Crippen molar-refractivity contribution in [2.24, 2.45) is 17.8 Å². The number of esters is 1. The van der Waals surface area contributed by atoms with Crippen LogP contribution >= 0.6 is 0 Å². The van der Waals surface area contributed by atoms with Gasteiger partial charge < -0.3 is 64.0 Å². The molecule has 14 heteroatoms. The predicted octanol–water partition coefficient (Wildman–Crippen LogP) is 5.46. The average Bonchev–Trinajstić information content (AvgIpc) is 3.50. The lowest BCUT2D eigenvalue weighted by molar-refractivity contribution is -0.342. The van der Waals surface area contributed by atoms with Crippen LogP contribution < -0.4 is 0 Å². The number of ether oxygens (including phenoxy) is 6. The molecule has 0 amide bonds. The number of aliphatic hydroxyl groups excluding tert-OH is 4. The summed E-state index contributed by atoms with van der Waals surface area (Å²) in [6, 6.07) is 0.142. The van der Waals surface area contributed by atoms with E-state index in [1.165, 1.54) is 26.8 Å². The highest BCUT2D eigenvalue weighted by atomic mass is 16.7. The largest absolute Gasteiger partial charge is 0.459 e. The zero-order valence-corrected chi connectivity index (χ0v) is 40.1. The first kappa shape index (κ1) is 52.4. The molecular weight excluding hydrogens is 811 g/mol. The van der Waals surface area contributed by atoms with Gasteiger partial charge in [-0.05, 0) is 119 Å². The number of aliphatic hydroxyl groups is 6. The lowest BCUT2D eigenvalue weighted by atomic mass is 9.79. The molecule has 0 radical (unpaired) electrons. The Labute approximate surface area is 377 Å². The fourth-order valence-electron chi connectivity index (χ4n) is 10.8. The highest BCUT2D eigenvalue weighted by molar-refractivity contribution is 5.82. The van der Waals surface area contributed by atoms with Crippen molar-refractivity contribution in [1.82, 2.24) is 4.90 Å². The van der Waals surface area contributed by atoms with Crippen LogP contribution in [0.3, 0.4) is 0 Å². The number of rotatable bonds is 6. The van der Waals surface area contributed by atoms with Crippen LogP contribution in [-0.4, -0.2) is 152 Å². The van der Waals surface area contributed by atoms with Gasteiger partial charge in [-0.15, -0.1) is 0 Å². The summed E-state index contributed by atoms with van der Waals surface area (Å²) in [6.07, 6.45) is 7.22. The Hall–Kier alpha value is -1.53. The summed E-state index contributed by atoms with van der Waals surface area (Å²) in [4.78, 5) is 15.8. The van der Waals surface area contributed by atoms with Crippen molar-refractivity contribution in [3.05, 3.63) is 24.3 Å². The summed E-state index contributed by atoms with van der Waals surface area (Å²) in [5.74, 6) is -2.98.